The molecule has 0 saturated carbocycles. The highest BCUT2D eigenvalue weighted by molar-refractivity contribution is 8.09. The Bertz CT molecular complexity index is 1170. The standard InChI is InChI=1S/C25H29FN4O4S/c1-14-13-30(9-10-34-14)24(32)19-5-4-6-21(28-19)29-23-17(22(27)31)12-20(35-23)16-8-7-15(11-18(16)26)25(2,3)33/h4-8,11-12,14,17,23,33H,9-10,13H2,1-3H3,(H2,27,31)(H,28,29)/t14-,17?,23?/m1/s1. The Morgan fingerprint density at radius 3 is 2.74 bits per heavy atom. The van der Waals surface area contributed by atoms with Crippen LogP contribution in [-0.2, 0) is 15.1 Å². The second kappa shape index (κ2) is 9.96. The molecule has 4 rings (SSSR count). The maximum absolute atomic E-state index is 14.9. The molecule has 2 aliphatic rings. The number of aliphatic hydroxyl groups is 1. The van der Waals surface area contributed by atoms with Gasteiger partial charge in [-0.1, -0.05) is 36.0 Å². The Hall–Kier alpha value is -2.95. The lowest BCUT2D eigenvalue weighted by Crippen LogP contribution is -2.44. The second-order valence-corrected chi connectivity index (χ2v) is 10.4. The predicted molar refractivity (Wildman–Crippen MR) is 133 cm³/mol. The van der Waals surface area contributed by atoms with Crippen LogP contribution in [0.5, 0.6) is 0 Å². The summed E-state index contributed by atoms with van der Waals surface area (Å²) in [6.45, 7) is 6.55. The third-order valence-corrected chi connectivity index (χ3v) is 7.24. The van der Waals surface area contributed by atoms with Crippen LogP contribution in [0.4, 0.5) is 10.2 Å². The number of halogens is 1. The van der Waals surface area contributed by atoms with Crippen LogP contribution in [0.3, 0.4) is 0 Å². The van der Waals surface area contributed by atoms with Crippen molar-refractivity contribution in [1.82, 2.24) is 9.88 Å². The van der Waals surface area contributed by atoms with E-state index in [0.29, 0.717) is 41.5 Å². The molecule has 0 spiro atoms. The molecule has 0 aliphatic carbocycles. The number of anilines is 1. The van der Waals surface area contributed by atoms with Crippen molar-refractivity contribution in [2.75, 3.05) is 25.0 Å². The Balaban J connectivity index is 1.52. The first-order valence-electron chi connectivity index (χ1n) is 11.4. The molecule has 8 nitrogen and oxygen atoms in total. The molecule has 0 bridgehead atoms. The molecular formula is C25H29FN4O4S. The number of nitrogens with two attached hydrogens (primary N) is 1. The number of nitrogens with one attached hydrogen (secondary N) is 1. The first kappa shape index (κ1) is 25.2. The van der Waals surface area contributed by atoms with Crippen molar-refractivity contribution in [2.24, 2.45) is 11.7 Å². The molecule has 186 valence electrons. The van der Waals surface area contributed by atoms with E-state index in [0.717, 1.165) is 0 Å². The summed E-state index contributed by atoms with van der Waals surface area (Å²) >= 11 is 1.26. The molecule has 0 radical (unpaired) electrons. The number of pyridine rings is 1. The van der Waals surface area contributed by atoms with Gasteiger partial charge in [-0.3, -0.25) is 9.59 Å². The number of aromatic nitrogens is 1. The molecule has 2 aliphatic heterocycles. The smallest absolute Gasteiger partial charge is 0.272 e. The van der Waals surface area contributed by atoms with Crippen molar-refractivity contribution in [2.45, 2.75) is 37.9 Å². The summed E-state index contributed by atoms with van der Waals surface area (Å²) in [4.78, 5) is 31.8. The van der Waals surface area contributed by atoms with Crippen LogP contribution in [0.25, 0.3) is 4.91 Å². The second-order valence-electron chi connectivity index (χ2n) is 9.24. The van der Waals surface area contributed by atoms with Gasteiger partial charge in [0.2, 0.25) is 5.91 Å². The third kappa shape index (κ3) is 5.66. The van der Waals surface area contributed by atoms with Gasteiger partial charge in [-0.15, -0.1) is 0 Å². The molecule has 2 unspecified atom stereocenters. The maximum Gasteiger partial charge on any atom is 0.272 e. The van der Waals surface area contributed by atoms with Crippen molar-refractivity contribution in [3.05, 3.63) is 65.1 Å². The number of thioether (sulfide) groups is 1. The zero-order valence-electron chi connectivity index (χ0n) is 19.8. The van der Waals surface area contributed by atoms with Crippen molar-refractivity contribution in [1.29, 1.82) is 0 Å². The number of rotatable bonds is 6. The lowest BCUT2D eigenvalue weighted by molar-refractivity contribution is -0.120. The Labute approximate surface area is 207 Å². The number of hydrogen-bond acceptors (Lipinski definition) is 7. The average Bonchev–Trinajstić information content (AvgIpc) is 3.22. The number of carbonyl (C=O) groups excluding carboxylic acids is 2. The Kier molecular flexibility index (Phi) is 7.16. The fraction of sp³-hybridized carbons (Fsp3) is 0.400. The van der Waals surface area contributed by atoms with Gasteiger partial charge in [0, 0.05) is 23.6 Å². The van der Waals surface area contributed by atoms with Crippen molar-refractivity contribution < 1.29 is 23.8 Å². The van der Waals surface area contributed by atoms with Gasteiger partial charge in [-0.25, -0.2) is 9.37 Å². The van der Waals surface area contributed by atoms with E-state index in [1.165, 1.54) is 17.8 Å². The molecule has 10 heteroatoms. The predicted octanol–water partition coefficient (Wildman–Crippen LogP) is 2.94. The Morgan fingerprint density at radius 2 is 2.09 bits per heavy atom. The number of ether oxygens (including phenoxy) is 1. The summed E-state index contributed by atoms with van der Waals surface area (Å²) in [5.41, 5.74) is 5.50. The van der Waals surface area contributed by atoms with E-state index >= 15 is 0 Å². The first-order valence-corrected chi connectivity index (χ1v) is 12.3. The van der Waals surface area contributed by atoms with Crippen molar-refractivity contribution in [3.8, 4) is 0 Å². The normalized spacial score (nSPS) is 22.6. The number of hydrogen-bond donors (Lipinski definition) is 3. The number of benzene rings is 1. The van der Waals surface area contributed by atoms with Crippen LogP contribution in [0.1, 0.15) is 42.4 Å². The van der Waals surface area contributed by atoms with E-state index in [1.807, 2.05) is 6.92 Å². The van der Waals surface area contributed by atoms with Gasteiger partial charge < -0.3 is 25.8 Å². The topological polar surface area (TPSA) is 118 Å². The Morgan fingerprint density at radius 1 is 1.31 bits per heavy atom. The van der Waals surface area contributed by atoms with Crippen LogP contribution in [0, 0.1) is 11.7 Å². The largest absolute Gasteiger partial charge is 0.386 e. The summed E-state index contributed by atoms with van der Waals surface area (Å²) < 4.78 is 20.4. The van der Waals surface area contributed by atoms with Gasteiger partial charge in [0.25, 0.3) is 5.91 Å². The summed E-state index contributed by atoms with van der Waals surface area (Å²) in [6.07, 6.45) is 1.60. The van der Waals surface area contributed by atoms with Gasteiger partial charge in [-0.05, 0) is 44.5 Å². The SMILES string of the molecule is C[C@@H]1CN(C(=O)c2cccc(NC3SC(c4ccc(C(C)(C)O)cc4F)=CC3C(N)=O)n2)CCO1. The number of nitrogens with zero attached hydrogens (tertiary/aromatic N) is 2. The van der Waals surface area contributed by atoms with Crippen LogP contribution in [0.15, 0.2) is 42.5 Å². The number of carbonyl (C=O) groups is 2. The van der Waals surface area contributed by atoms with E-state index < -0.39 is 28.6 Å². The summed E-state index contributed by atoms with van der Waals surface area (Å²) in [5, 5.41) is 12.8. The molecule has 3 atom stereocenters. The number of primary amides is 1. The van der Waals surface area contributed by atoms with Crippen LogP contribution in [-0.4, -0.2) is 58.0 Å². The van der Waals surface area contributed by atoms with Crippen LogP contribution < -0.4 is 11.1 Å². The minimum absolute atomic E-state index is 0.0392. The number of morpholine rings is 1. The fourth-order valence-electron chi connectivity index (χ4n) is 4.04. The van der Waals surface area contributed by atoms with E-state index in [-0.39, 0.29) is 17.7 Å². The van der Waals surface area contributed by atoms with Gasteiger partial charge in [0.05, 0.1) is 29.6 Å². The van der Waals surface area contributed by atoms with E-state index in [4.69, 9.17) is 10.5 Å². The third-order valence-electron chi connectivity index (χ3n) is 5.97. The lowest BCUT2D eigenvalue weighted by Gasteiger charge is -2.31. The van der Waals surface area contributed by atoms with Crippen LogP contribution in [0.2, 0.25) is 0 Å². The zero-order chi connectivity index (χ0) is 25.3. The van der Waals surface area contributed by atoms with E-state index in [1.54, 1.807) is 55.2 Å². The monoisotopic (exact) mass is 500 g/mol. The van der Waals surface area contributed by atoms with Crippen LogP contribution >= 0.6 is 11.8 Å². The molecule has 1 aromatic carbocycles. The molecule has 2 aromatic rings. The quantitative estimate of drug-likeness (QED) is 0.558. The number of amides is 2. The van der Waals surface area contributed by atoms with Gasteiger partial charge in [-0.2, -0.15) is 0 Å². The minimum atomic E-state index is -1.18. The summed E-state index contributed by atoms with van der Waals surface area (Å²) in [7, 11) is 0. The fourth-order valence-corrected chi connectivity index (χ4v) is 5.37. The molecule has 4 N–H and O–H groups in total. The summed E-state index contributed by atoms with van der Waals surface area (Å²) in [5.74, 6) is -1.56. The van der Waals surface area contributed by atoms with Crippen molar-refractivity contribution >= 4 is 34.3 Å². The molecular weight excluding hydrogens is 471 g/mol. The van der Waals surface area contributed by atoms with Gasteiger partial charge in [0.1, 0.15) is 17.3 Å². The lowest BCUT2D eigenvalue weighted by atomic mass is 9.96. The molecule has 35 heavy (non-hydrogen) atoms. The highest BCUT2D eigenvalue weighted by atomic mass is 32.2. The van der Waals surface area contributed by atoms with Crippen molar-refractivity contribution in [3.63, 3.8) is 0 Å². The molecule has 1 aromatic heterocycles. The molecule has 1 fully saturated rings. The molecule has 2 amide bonds. The zero-order valence-corrected chi connectivity index (χ0v) is 20.6. The highest BCUT2D eigenvalue weighted by Crippen LogP contribution is 2.43. The molecule has 3 heterocycles. The van der Waals surface area contributed by atoms with E-state index in [9.17, 15) is 19.1 Å². The minimum Gasteiger partial charge on any atom is -0.386 e. The maximum atomic E-state index is 14.9. The highest BCUT2D eigenvalue weighted by Gasteiger charge is 2.34. The van der Waals surface area contributed by atoms with Gasteiger partial charge >= 0.3 is 0 Å². The average molecular weight is 501 g/mol. The van der Waals surface area contributed by atoms with E-state index in [2.05, 4.69) is 10.3 Å². The van der Waals surface area contributed by atoms with Gasteiger partial charge in [0.15, 0.2) is 0 Å². The summed E-state index contributed by atoms with van der Waals surface area (Å²) in [6, 6.07) is 9.60. The first-order chi connectivity index (χ1) is 16.5. The molecule has 1 saturated heterocycles.